The van der Waals surface area contributed by atoms with Gasteiger partial charge in [0.15, 0.2) is 0 Å². The number of urea groups is 1. The van der Waals surface area contributed by atoms with E-state index in [1.54, 1.807) is 17.9 Å². The highest BCUT2D eigenvalue weighted by Crippen LogP contribution is 2.19. The maximum Gasteiger partial charge on any atom is 0.315 e. The van der Waals surface area contributed by atoms with Gasteiger partial charge in [-0.3, -0.25) is 9.59 Å². The Labute approximate surface area is 142 Å². The summed E-state index contributed by atoms with van der Waals surface area (Å²) >= 11 is 0. The third-order valence-electron chi connectivity index (χ3n) is 4.02. The molecule has 0 radical (unpaired) electrons. The van der Waals surface area contributed by atoms with Crippen LogP contribution in [0.1, 0.15) is 25.7 Å². The summed E-state index contributed by atoms with van der Waals surface area (Å²) < 4.78 is 4.53. The van der Waals surface area contributed by atoms with Crippen molar-refractivity contribution in [1.82, 2.24) is 9.80 Å². The lowest BCUT2D eigenvalue weighted by atomic mass is 9.78. The summed E-state index contributed by atoms with van der Waals surface area (Å²) in [4.78, 5) is 37.4. The van der Waals surface area contributed by atoms with E-state index in [2.05, 4.69) is 4.74 Å². The highest BCUT2D eigenvalue weighted by molar-refractivity contribution is 6.75. The number of ether oxygens (including phenoxy) is 1. The first kappa shape index (κ1) is 20.0. The van der Waals surface area contributed by atoms with E-state index in [4.69, 9.17) is 5.73 Å². The van der Waals surface area contributed by atoms with Crippen LogP contribution in [0.25, 0.3) is 0 Å². The average Bonchev–Trinajstić information content (AvgIpc) is 2.94. The van der Waals surface area contributed by atoms with Gasteiger partial charge in [-0.05, 0) is 19.3 Å². The summed E-state index contributed by atoms with van der Waals surface area (Å²) in [5, 5.41) is 9.64. The van der Waals surface area contributed by atoms with Crippen LogP contribution in [-0.2, 0) is 9.53 Å². The Balaban J connectivity index is 2.29. The predicted octanol–water partition coefficient (Wildman–Crippen LogP) is -0.154. The van der Waals surface area contributed by atoms with Gasteiger partial charge in [0.25, 0.3) is 13.1 Å². The summed E-state index contributed by atoms with van der Waals surface area (Å²) in [5.74, 6) is 1.30. The first-order valence-corrected chi connectivity index (χ1v) is 8.07. The normalized spacial score (nSPS) is 20.2. The number of rotatable bonds is 8. The number of likely N-dealkylation sites (N-methyl/N-ethyl adjacent to an activating group) is 1. The van der Waals surface area contributed by atoms with Gasteiger partial charge in [0.2, 0.25) is 5.91 Å². The van der Waals surface area contributed by atoms with Crippen LogP contribution in [0.3, 0.4) is 0 Å². The zero-order valence-electron chi connectivity index (χ0n) is 14.3. The van der Waals surface area contributed by atoms with Crippen molar-refractivity contribution in [3.8, 4) is 0 Å². The molecular weight excluding hydrogens is 313 g/mol. The number of aliphatic hydroxyl groups is 1. The number of aliphatic hydroxyl groups excluding tert-OH is 1. The molecule has 1 aliphatic heterocycles. The van der Waals surface area contributed by atoms with E-state index in [-0.39, 0.29) is 32.0 Å². The highest BCUT2D eigenvalue weighted by atomic mass is 16.5. The number of unbranched alkanes of at least 4 members (excludes halogenated alkanes) is 2. The fourth-order valence-corrected chi connectivity index (χ4v) is 2.65. The maximum absolute atomic E-state index is 12.4. The van der Waals surface area contributed by atoms with E-state index in [1.165, 1.54) is 12.0 Å². The van der Waals surface area contributed by atoms with Crippen LogP contribution in [0.2, 0.25) is 0 Å². The van der Waals surface area contributed by atoms with Crippen molar-refractivity contribution in [3.05, 3.63) is 12.1 Å². The van der Waals surface area contributed by atoms with E-state index >= 15 is 0 Å². The van der Waals surface area contributed by atoms with Crippen molar-refractivity contribution in [1.29, 1.82) is 0 Å². The van der Waals surface area contributed by atoms with Gasteiger partial charge in [-0.1, -0.05) is 6.08 Å². The molecule has 0 spiro atoms. The second-order valence-electron chi connectivity index (χ2n) is 5.90. The molecule has 1 aliphatic rings. The standard InChI is InChI=1S/C15H26BN3O5/c1-18(8-6-4-3-5-7-16-14(22)24-2)13(21)12-9-11(20)10-19(12)15(17)23/h5,7,11-12,16,20H,3-4,6,8-10H2,1-2H3,(H2,17,23)/b7-5-/t11-,12+/m1/s1. The van der Waals surface area contributed by atoms with Crippen LogP contribution < -0.4 is 5.73 Å². The third kappa shape index (κ3) is 6.23. The number of nitrogens with two attached hydrogens (primary N) is 1. The van der Waals surface area contributed by atoms with E-state index in [9.17, 15) is 19.5 Å². The zero-order chi connectivity index (χ0) is 18.1. The summed E-state index contributed by atoms with van der Waals surface area (Å²) in [5.41, 5.74) is 5.25. The molecule has 134 valence electrons. The van der Waals surface area contributed by atoms with E-state index in [1.807, 2.05) is 6.08 Å². The Morgan fingerprint density at radius 2 is 2.12 bits per heavy atom. The fourth-order valence-electron chi connectivity index (χ4n) is 2.65. The molecule has 8 nitrogen and oxygen atoms in total. The molecule has 0 aromatic heterocycles. The Kier molecular flexibility index (Phi) is 8.32. The zero-order valence-corrected chi connectivity index (χ0v) is 14.3. The summed E-state index contributed by atoms with van der Waals surface area (Å²) in [6.45, 7) is 0.660. The number of β-amino-alcohol motifs (C(OH)–C–C–N with tert-alkyl or cyclic N) is 1. The van der Waals surface area contributed by atoms with Crippen LogP contribution in [0.15, 0.2) is 12.1 Å². The molecule has 2 atom stereocenters. The molecule has 1 rings (SSSR count). The molecule has 3 N–H and O–H groups in total. The van der Waals surface area contributed by atoms with Crippen LogP contribution in [-0.4, -0.2) is 79.4 Å². The van der Waals surface area contributed by atoms with Crippen LogP contribution in [0.4, 0.5) is 9.59 Å². The Morgan fingerprint density at radius 3 is 2.75 bits per heavy atom. The molecule has 0 aliphatic carbocycles. The minimum atomic E-state index is -0.709. The van der Waals surface area contributed by atoms with Crippen molar-refractivity contribution < 1.29 is 24.2 Å². The minimum absolute atomic E-state index is 0.102. The van der Waals surface area contributed by atoms with Crippen molar-refractivity contribution in [2.45, 2.75) is 37.8 Å². The molecule has 0 unspecified atom stereocenters. The average molecular weight is 339 g/mol. The van der Waals surface area contributed by atoms with Gasteiger partial charge in [-0.2, -0.15) is 0 Å². The lowest BCUT2D eigenvalue weighted by Crippen LogP contribution is -2.48. The third-order valence-corrected chi connectivity index (χ3v) is 4.02. The molecule has 1 fully saturated rings. The summed E-state index contributed by atoms with van der Waals surface area (Å²) in [7, 11) is 3.30. The van der Waals surface area contributed by atoms with Gasteiger partial charge < -0.3 is 25.4 Å². The topological polar surface area (TPSA) is 113 Å². The SMILES string of the molecule is COC(=O)B/C=C\CCCCN(C)C(=O)[C@@H]1C[C@@H](O)CN1C(N)=O. The van der Waals surface area contributed by atoms with Crippen LogP contribution in [0.5, 0.6) is 0 Å². The fraction of sp³-hybridized carbons (Fsp3) is 0.667. The Bertz CT molecular complexity index is 486. The number of nitrogens with zero attached hydrogens (tertiary/aromatic N) is 2. The van der Waals surface area contributed by atoms with Crippen molar-refractivity contribution in [2.24, 2.45) is 5.73 Å². The first-order chi connectivity index (χ1) is 11.4. The van der Waals surface area contributed by atoms with Crippen LogP contribution >= 0.6 is 0 Å². The molecule has 0 bridgehead atoms. The number of carbonyl (C=O) groups excluding carboxylic acids is 3. The number of allylic oxidation sites excluding steroid dienone is 1. The molecule has 0 aromatic rings. The van der Waals surface area contributed by atoms with Gasteiger partial charge in [-0.25, -0.2) is 4.79 Å². The van der Waals surface area contributed by atoms with Gasteiger partial charge in [-0.15, -0.1) is 5.98 Å². The molecule has 0 aromatic carbocycles. The highest BCUT2D eigenvalue weighted by Gasteiger charge is 2.39. The second-order valence-corrected chi connectivity index (χ2v) is 5.90. The molecule has 0 saturated carbocycles. The molecule has 3 amide bonds. The second kappa shape index (κ2) is 9.97. The van der Waals surface area contributed by atoms with E-state index in [0.29, 0.717) is 6.54 Å². The smallest absolute Gasteiger partial charge is 0.315 e. The number of likely N-dealkylation sites (tertiary alicyclic amines) is 1. The number of primary amides is 1. The lowest BCUT2D eigenvalue weighted by molar-refractivity contribution is -0.133. The monoisotopic (exact) mass is 339 g/mol. The van der Waals surface area contributed by atoms with E-state index < -0.39 is 18.2 Å². The molecule has 1 heterocycles. The van der Waals surface area contributed by atoms with Crippen LogP contribution in [0, 0.1) is 0 Å². The molecule has 24 heavy (non-hydrogen) atoms. The Morgan fingerprint density at radius 1 is 1.42 bits per heavy atom. The van der Waals surface area contributed by atoms with Crippen molar-refractivity contribution in [2.75, 3.05) is 27.2 Å². The Hall–Kier alpha value is -2.03. The maximum atomic E-state index is 12.4. The molecular formula is C15H26BN3O5. The largest absolute Gasteiger partial charge is 0.477 e. The molecule has 9 heteroatoms. The number of hydrogen-bond acceptors (Lipinski definition) is 5. The quantitative estimate of drug-likeness (QED) is 0.471. The predicted molar refractivity (Wildman–Crippen MR) is 90.9 cm³/mol. The van der Waals surface area contributed by atoms with Gasteiger partial charge in [0, 0.05) is 26.6 Å². The van der Waals surface area contributed by atoms with Crippen molar-refractivity contribution >= 4 is 25.1 Å². The number of carbonyl (C=O) groups is 3. The molecule has 1 saturated heterocycles. The van der Waals surface area contributed by atoms with Gasteiger partial charge in [0.1, 0.15) is 6.04 Å². The van der Waals surface area contributed by atoms with E-state index in [0.717, 1.165) is 19.3 Å². The van der Waals surface area contributed by atoms with Crippen molar-refractivity contribution in [3.63, 3.8) is 0 Å². The first-order valence-electron chi connectivity index (χ1n) is 8.07. The minimum Gasteiger partial charge on any atom is -0.477 e. The summed E-state index contributed by atoms with van der Waals surface area (Å²) in [6, 6.07) is -1.36. The number of hydrogen-bond donors (Lipinski definition) is 2. The number of amides is 3. The van der Waals surface area contributed by atoms with Gasteiger partial charge >= 0.3 is 6.03 Å². The lowest BCUT2D eigenvalue weighted by Gasteiger charge is -2.26. The number of methoxy groups -OCH3 is 1. The van der Waals surface area contributed by atoms with Gasteiger partial charge in [0.05, 0.1) is 13.2 Å². The summed E-state index contributed by atoms with van der Waals surface area (Å²) in [6.07, 6.45) is 3.93.